The number of carbonyl (C=O) groups excluding carboxylic acids is 1. The van der Waals surface area contributed by atoms with E-state index in [1.165, 1.54) is 24.2 Å². The van der Waals surface area contributed by atoms with Crippen molar-refractivity contribution in [2.75, 3.05) is 5.73 Å². The van der Waals surface area contributed by atoms with E-state index >= 15 is 0 Å². The fourth-order valence-corrected chi connectivity index (χ4v) is 2.51. The number of nitrogens with two attached hydrogens (primary N) is 1. The maximum absolute atomic E-state index is 11.9. The van der Waals surface area contributed by atoms with Gasteiger partial charge < -0.3 is 5.73 Å². The molecular formula is C13H22N2OS. The van der Waals surface area contributed by atoms with Crippen LogP contribution in [0.2, 0.25) is 0 Å². The van der Waals surface area contributed by atoms with Crippen LogP contribution < -0.4 is 5.73 Å². The van der Waals surface area contributed by atoms with Crippen LogP contribution in [0.5, 0.6) is 0 Å². The molecule has 0 amide bonds. The molecule has 96 valence electrons. The van der Waals surface area contributed by atoms with E-state index in [0.717, 1.165) is 18.5 Å². The number of hydrogen-bond donors (Lipinski definition) is 1. The third-order valence-electron chi connectivity index (χ3n) is 3.01. The van der Waals surface area contributed by atoms with Gasteiger partial charge in [-0.15, -0.1) is 11.3 Å². The molecule has 0 saturated heterocycles. The molecule has 1 aromatic rings. The lowest BCUT2D eigenvalue weighted by molar-refractivity contribution is -0.119. The van der Waals surface area contributed by atoms with Gasteiger partial charge in [0.05, 0.1) is 5.69 Å². The Bertz CT molecular complexity index is 349. The summed E-state index contributed by atoms with van der Waals surface area (Å²) in [5.41, 5.74) is 6.37. The normalized spacial score (nSPS) is 12.6. The van der Waals surface area contributed by atoms with E-state index in [-0.39, 0.29) is 0 Å². The predicted octanol–water partition coefficient (Wildman–Crippen LogP) is 3.44. The first-order valence-corrected chi connectivity index (χ1v) is 7.25. The predicted molar refractivity (Wildman–Crippen MR) is 73.2 cm³/mol. The SMILES string of the molecule is CCCCC(CC)CC(=O)Cc1csc(N)n1. The molecule has 0 bridgehead atoms. The lowest BCUT2D eigenvalue weighted by Gasteiger charge is -2.12. The summed E-state index contributed by atoms with van der Waals surface area (Å²) < 4.78 is 0. The van der Waals surface area contributed by atoms with Gasteiger partial charge in [-0.3, -0.25) is 4.79 Å². The van der Waals surface area contributed by atoms with Gasteiger partial charge in [0.2, 0.25) is 0 Å². The Morgan fingerprint density at radius 2 is 2.29 bits per heavy atom. The fourth-order valence-electron chi connectivity index (χ4n) is 1.94. The first-order valence-electron chi connectivity index (χ1n) is 6.37. The molecular weight excluding hydrogens is 232 g/mol. The minimum Gasteiger partial charge on any atom is -0.375 e. The highest BCUT2D eigenvalue weighted by molar-refractivity contribution is 7.13. The summed E-state index contributed by atoms with van der Waals surface area (Å²) >= 11 is 1.40. The molecule has 0 aliphatic rings. The van der Waals surface area contributed by atoms with Crippen molar-refractivity contribution in [2.45, 2.75) is 52.4 Å². The maximum Gasteiger partial charge on any atom is 0.180 e. The highest BCUT2D eigenvalue weighted by atomic mass is 32.1. The van der Waals surface area contributed by atoms with Gasteiger partial charge in [0.15, 0.2) is 5.13 Å². The van der Waals surface area contributed by atoms with Crippen molar-refractivity contribution in [3.8, 4) is 0 Å². The third-order valence-corrected chi connectivity index (χ3v) is 3.73. The summed E-state index contributed by atoms with van der Waals surface area (Å²) in [5, 5.41) is 2.42. The number of nitrogens with zero attached hydrogens (tertiary/aromatic N) is 1. The van der Waals surface area contributed by atoms with E-state index in [4.69, 9.17) is 5.73 Å². The number of hydrogen-bond acceptors (Lipinski definition) is 4. The van der Waals surface area contributed by atoms with Gasteiger partial charge in [-0.25, -0.2) is 4.98 Å². The average Bonchev–Trinajstić information content (AvgIpc) is 2.69. The smallest absolute Gasteiger partial charge is 0.180 e. The number of thiazole rings is 1. The van der Waals surface area contributed by atoms with Crippen molar-refractivity contribution in [1.29, 1.82) is 0 Å². The number of unbranched alkanes of at least 4 members (excludes halogenated alkanes) is 1. The number of anilines is 1. The van der Waals surface area contributed by atoms with Crippen LogP contribution in [0.15, 0.2) is 5.38 Å². The monoisotopic (exact) mass is 254 g/mol. The van der Waals surface area contributed by atoms with E-state index < -0.39 is 0 Å². The summed E-state index contributed by atoms with van der Waals surface area (Å²) in [5.74, 6) is 0.830. The van der Waals surface area contributed by atoms with E-state index in [9.17, 15) is 4.79 Å². The zero-order chi connectivity index (χ0) is 12.7. The van der Waals surface area contributed by atoms with Crippen molar-refractivity contribution < 1.29 is 4.79 Å². The zero-order valence-electron chi connectivity index (χ0n) is 10.7. The molecule has 1 rings (SSSR count). The Balaban J connectivity index is 2.37. The maximum atomic E-state index is 11.9. The molecule has 0 aliphatic carbocycles. The van der Waals surface area contributed by atoms with Crippen LogP contribution in [-0.4, -0.2) is 10.8 Å². The van der Waals surface area contributed by atoms with Crippen molar-refractivity contribution in [1.82, 2.24) is 4.98 Å². The van der Waals surface area contributed by atoms with E-state index in [2.05, 4.69) is 18.8 Å². The molecule has 0 aliphatic heterocycles. The molecule has 0 fully saturated rings. The minimum atomic E-state index is 0.290. The quantitative estimate of drug-likeness (QED) is 0.773. The number of carbonyl (C=O) groups is 1. The summed E-state index contributed by atoms with van der Waals surface area (Å²) in [7, 11) is 0. The van der Waals surface area contributed by atoms with Crippen LogP contribution in [0, 0.1) is 5.92 Å². The summed E-state index contributed by atoms with van der Waals surface area (Å²) in [6.45, 7) is 4.35. The number of ketones is 1. The third kappa shape index (κ3) is 5.31. The number of nitrogen functional groups attached to an aromatic ring is 1. The van der Waals surface area contributed by atoms with Gasteiger partial charge >= 0.3 is 0 Å². The van der Waals surface area contributed by atoms with Crippen molar-refractivity contribution in [3.05, 3.63) is 11.1 Å². The molecule has 4 heteroatoms. The van der Waals surface area contributed by atoms with Gasteiger partial charge in [-0.05, 0) is 5.92 Å². The Morgan fingerprint density at radius 1 is 1.53 bits per heavy atom. The second-order valence-electron chi connectivity index (χ2n) is 4.51. The molecule has 2 N–H and O–H groups in total. The van der Waals surface area contributed by atoms with Crippen LogP contribution in [0.4, 0.5) is 5.13 Å². The topological polar surface area (TPSA) is 56.0 Å². The number of Topliss-reactive ketones (excluding diaryl/α,β-unsaturated/α-hetero) is 1. The van der Waals surface area contributed by atoms with Crippen LogP contribution in [0.25, 0.3) is 0 Å². The molecule has 3 nitrogen and oxygen atoms in total. The Kier molecular flexibility index (Phi) is 6.19. The molecule has 17 heavy (non-hydrogen) atoms. The van der Waals surface area contributed by atoms with Gasteiger partial charge in [-0.1, -0.05) is 39.5 Å². The van der Waals surface area contributed by atoms with Gasteiger partial charge in [-0.2, -0.15) is 0 Å². The summed E-state index contributed by atoms with van der Waals surface area (Å²) in [6.07, 6.45) is 5.80. The number of aromatic nitrogens is 1. The average molecular weight is 254 g/mol. The first kappa shape index (κ1) is 14.2. The van der Waals surface area contributed by atoms with Gasteiger partial charge in [0, 0.05) is 18.2 Å². The largest absolute Gasteiger partial charge is 0.375 e. The van der Waals surface area contributed by atoms with E-state index in [1.54, 1.807) is 0 Å². The molecule has 0 radical (unpaired) electrons. The van der Waals surface area contributed by atoms with Crippen LogP contribution in [0.1, 0.15) is 51.6 Å². The van der Waals surface area contributed by atoms with Gasteiger partial charge in [0.1, 0.15) is 5.78 Å². The van der Waals surface area contributed by atoms with E-state index in [0.29, 0.717) is 29.7 Å². The van der Waals surface area contributed by atoms with Crippen molar-refractivity contribution >= 4 is 22.3 Å². The second kappa shape index (κ2) is 7.43. The number of rotatable bonds is 8. The lowest BCUT2D eigenvalue weighted by atomic mass is 9.93. The molecule has 0 spiro atoms. The molecule has 1 atom stereocenters. The fraction of sp³-hybridized carbons (Fsp3) is 0.692. The lowest BCUT2D eigenvalue weighted by Crippen LogP contribution is -2.10. The van der Waals surface area contributed by atoms with Crippen LogP contribution >= 0.6 is 11.3 Å². The highest BCUT2D eigenvalue weighted by Crippen LogP contribution is 2.19. The highest BCUT2D eigenvalue weighted by Gasteiger charge is 2.13. The Labute approximate surface area is 107 Å². The summed E-state index contributed by atoms with van der Waals surface area (Å²) in [4.78, 5) is 16.0. The van der Waals surface area contributed by atoms with Gasteiger partial charge in [0.25, 0.3) is 0 Å². The van der Waals surface area contributed by atoms with Crippen LogP contribution in [0.3, 0.4) is 0 Å². The molecule has 1 heterocycles. The molecule has 0 saturated carbocycles. The van der Waals surface area contributed by atoms with Crippen molar-refractivity contribution in [3.63, 3.8) is 0 Å². The first-order chi connectivity index (χ1) is 8.15. The zero-order valence-corrected chi connectivity index (χ0v) is 11.6. The second-order valence-corrected chi connectivity index (χ2v) is 5.40. The molecule has 1 aromatic heterocycles. The Hall–Kier alpha value is -0.900. The van der Waals surface area contributed by atoms with Crippen molar-refractivity contribution in [2.24, 2.45) is 5.92 Å². The van der Waals surface area contributed by atoms with E-state index in [1.807, 2.05) is 5.38 Å². The molecule has 1 unspecified atom stereocenters. The Morgan fingerprint density at radius 3 is 2.82 bits per heavy atom. The minimum absolute atomic E-state index is 0.290. The molecule has 0 aromatic carbocycles. The standard InChI is InChI=1S/C13H22N2OS/c1-3-5-6-10(4-2)7-12(16)8-11-9-17-13(14)15-11/h9-10H,3-8H2,1-2H3,(H2,14,15). The van der Waals surface area contributed by atoms with Crippen LogP contribution in [-0.2, 0) is 11.2 Å². The summed E-state index contributed by atoms with van der Waals surface area (Å²) in [6, 6.07) is 0.